The zero-order chi connectivity index (χ0) is 23.2. The van der Waals surface area contributed by atoms with Crippen molar-refractivity contribution in [1.82, 2.24) is 0 Å². The van der Waals surface area contributed by atoms with E-state index in [2.05, 4.69) is 0 Å². The van der Waals surface area contributed by atoms with Gasteiger partial charge in [0.2, 0.25) is 0 Å². The molecule has 1 nitrogen and oxygen atoms in total. The highest BCUT2D eigenvalue weighted by molar-refractivity contribution is 6.95. The molecule has 0 aliphatic heterocycles. The monoisotopic (exact) mass is 444 g/mol. The molecule has 3 aromatic rings. The molecule has 0 saturated carbocycles. The molecule has 3 rings (SSSR count). The molecule has 0 fully saturated rings. The third kappa shape index (κ3) is 3.75. The van der Waals surface area contributed by atoms with Crippen LogP contribution >= 0.6 is 0 Å². The van der Waals surface area contributed by atoms with Crippen LogP contribution in [0.25, 0.3) is 0 Å². The molecule has 3 aromatic carbocycles. The Morgan fingerprint density at radius 3 is 1.45 bits per heavy atom. The third-order valence-corrected chi connectivity index (χ3v) is 4.91. The van der Waals surface area contributed by atoms with Crippen LogP contribution in [0, 0.1) is 60.4 Å². The van der Waals surface area contributed by atoms with Crippen molar-refractivity contribution in [3.63, 3.8) is 0 Å². The van der Waals surface area contributed by atoms with Gasteiger partial charge in [-0.15, -0.1) is 0 Å². The third-order valence-electron chi connectivity index (χ3n) is 4.91. The zero-order valence-electron chi connectivity index (χ0n) is 16.3. The minimum atomic E-state index is -2.35. The quantitative estimate of drug-likeness (QED) is 0.337. The number of hydrogen-bond acceptors (Lipinski definition) is 1. The van der Waals surface area contributed by atoms with Crippen LogP contribution in [0.15, 0.2) is 24.3 Å². The number of rotatable bonds is 4. The Morgan fingerprint density at radius 1 is 0.581 bits per heavy atom. The van der Waals surface area contributed by atoms with Crippen LogP contribution in [0.4, 0.5) is 35.1 Å². The van der Waals surface area contributed by atoms with Crippen LogP contribution in [0.2, 0.25) is 0 Å². The zero-order valence-corrected chi connectivity index (χ0v) is 16.3. The molecule has 0 atom stereocenters. The van der Waals surface area contributed by atoms with Gasteiger partial charge in [0.05, 0.1) is 7.11 Å². The minimum absolute atomic E-state index is 0.266. The highest BCUT2D eigenvalue weighted by Crippen LogP contribution is 2.20. The molecule has 0 radical (unpaired) electrons. The van der Waals surface area contributed by atoms with Crippen molar-refractivity contribution in [1.29, 1.82) is 0 Å². The highest BCUT2D eigenvalue weighted by Gasteiger charge is 2.38. The Morgan fingerprint density at radius 2 is 1.03 bits per heavy atom. The average molecular weight is 444 g/mol. The van der Waals surface area contributed by atoms with Crippen LogP contribution in [0.1, 0.15) is 11.1 Å². The van der Waals surface area contributed by atoms with E-state index in [-0.39, 0.29) is 6.07 Å². The summed E-state index contributed by atoms with van der Waals surface area (Å²) < 4.78 is 121. The summed E-state index contributed by atoms with van der Waals surface area (Å²) in [5.74, 6) is -13.1. The van der Waals surface area contributed by atoms with Crippen LogP contribution in [-0.2, 0) is 0 Å². The SMILES string of the molecule is COc1cc(B(c2c(F)cc(C)c(F)c2F)c2c(F)cc(C)c(F)c2F)c(F)cc1F. The topological polar surface area (TPSA) is 9.23 Å². The van der Waals surface area contributed by atoms with E-state index in [9.17, 15) is 35.1 Å². The second kappa shape index (κ2) is 8.24. The van der Waals surface area contributed by atoms with Gasteiger partial charge in [0.1, 0.15) is 17.5 Å². The number of methoxy groups -OCH3 is 1. The molecule has 0 N–H and O–H groups in total. The summed E-state index contributed by atoms with van der Waals surface area (Å²) in [5, 5.41) is 0. The maximum Gasteiger partial charge on any atom is 0.260 e. The Balaban J connectivity index is 2.50. The van der Waals surface area contributed by atoms with Crippen molar-refractivity contribution < 1.29 is 39.9 Å². The van der Waals surface area contributed by atoms with E-state index in [0.29, 0.717) is 18.2 Å². The normalized spacial score (nSPS) is 11.1. The van der Waals surface area contributed by atoms with Crippen LogP contribution in [-0.4, -0.2) is 13.8 Å². The smallest absolute Gasteiger partial charge is 0.260 e. The molecule has 0 spiro atoms. The van der Waals surface area contributed by atoms with Gasteiger partial charge in [-0.05, 0) is 48.6 Å². The molecule has 10 heteroatoms. The Labute approximate surface area is 172 Å². The van der Waals surface area contributed by atoms with E-state index < -0.39 is 86.5 Å². The molecule has 31 heavy (non-hydrogen) atoms. The standard InChI is InChI=1S/C21H13BF8O/c1-8-4-13(25)16(20(29)18(8)27)22(10-6-15(31-3)12(24)7-11(10)23)17-14(26)5-9(2)19(28)21(17)30/h4-7H,1-3H3. The molecular weight excluding hydrogens is 431 g/mol. The lowest BCUT2D eigenvalue weighted by Gasteiger charge is -2.21. The van der Waals surface area contributed by atoms with Crippen molar-refractivity contribution in [2.75, 3.05) is 7.11 Å². The number of ether oxygens (including phenoxy) is 1. The first kappa shape index (κ1) is 22.6. The molecule has 0 heterocycles. The van der Waals surface area contributed by atoms with Crippen LogP contribution in [0.3, 0.4) is 0 Å². The second-order valence-electron chi connectivity index (χ2n) is 6.88. The van der Waals surface area contributed by atoms with Gasteiger partial charge in [-0.25, -0.2) is 35.1 Å². The number of halogens is 8. The molecule has 0 bridgehead atoms. The van der Waals surface area contributed by atoms with Gasteiger partial charge in [0, 0.05) is 17.0 Å². The Kier molecular flexibility index (Phi) is 6.02. The fourth-order valence-corrected chi connectivity index (χ4v) is 3.36. The molecule has 0 aliphatic carbocycles. The molecular formula is C21H13BF8O. The lowest BCUT2D eigenvalue weighted by Crippen LogP contribution is -2.58. The summed E-state index contributed by atoms with van der Waals surface area (Å²) in [6.45, 7) is -0.275. The molecule has 0 aliphatic rings. The van der Waals surface area contributed by atoms with Crippen LogP contribution in [0.5, 0.6) is 5.75 Å². The first-order valence-corrected chi connectivity index (χ1v) is 8.80. The van der Waals surface area contributed by atoms with E-state index >= 15 is 0 Å². The number of hydrogen-bond donors (Lipinski definition) is 0. The maximum absolute atomic E-state index is 14.8. The van der Waals surface area contributed by atoms with Gasteiger partial charge < -0.3 is 4.74 Å². The Hall–Kier alpha value is -3.04. The van der Waals surface area contributed by atoms with Crippen molar-refractivity contribution in [3.05, 3.63) is 81.9 Å². The number of aryl methyl sites for hydroxylation is 2. The van der Waals surface area contributed by atoms with Gasteiger partial charge in [-0.1, -0.05) is 0 Å². The molecule has 162 valence electrons. The largest absolute Gasteiger partial charge is 0.494 e. The first-order chi connectivity index (χ1) is 14.5. The van der Waals surface area contributed by atoms with Crippen molar-refractivity contribution in [3.8, 4) is 5.75 Å². The van der Waals surface area contributed by atoms with E-state index in [4.69, 9.17) is 4.74 Å². The van der Waals surface area contributed by atoms with Gasteiger partial charge in [0.15, 0.2) is 34.8 Å². The van der Waals surface area contributed by atoms with E-state index in [1.54, 1.807) is 0 Å². The predicted octanol–water partition coefficient (Wildman–Crippen LogP) is 3.94. The minimum Gasteiger partial charge on any atom is -0.494 e. The molecule has 0 saturated heterocycles. The van der Waals surface area contributed by atoms with Crippen LogP contribution < -0.4 is 21.1 Å². The maximum atomic E-state index is 14.8. The van der Waals surface area contributed by atoms with Crippen molar-refractivity contribution >= 4 is 23.1 Å². The van der Waals surface area contributed by atoms with E-state index in [1.807, 2.05) is 0 Å². The van der Waals surface area contributed by atoms with Gasteiger partial charge in [-0.2, -0.15) is 0 Å². The average Bonchev–Trinajstić information content (AvgIpc) is 2.70. The molecule has 0 aromatic heterocycles. The summed E-state index contributed by atoms with van der Waals surface area (Å²) >= 11 is 0. The van der Waals surface area contributed by atoms with Crippen molar-refractivity contribution in [2.45, 2.75) is 13.8 Å². The first-order valence-electron chi connectivity index (χ1n) is 8.80. The Bertz CT molecular complexity index is 1130. The molecule has 0 unspecified atom stereocenters. The van der Waals surface area contributed by atoms with Gasteiger partial charge in [0.25, 0.3) is 6.71 Å². The van der Waals surface area contributed by atoms with Gasteiger partial charge >= 0.3 is 0 Å². The second-order valence-corrected chi connectivity index (χ2v) is 6.88. The summed E-state index contributed by atoms with van der Waals surface area (Å²) in [5.41, 5.74) is -4.36. The lowest BCUT2D eigenvalue weighted by atomic mass is 9.36. The van der Waals surface area contributed by atoms with Gasteiger partial charge in [-0.3, -0.25) is 0 Å². The summed E-state index contributed by atoms with van der Waals surface area (Å²) in [6.07, 6.45) is 0. The summed E-state index contributed by atoms with van der Waals surface area (Å²) in [4.78, 5) is 0. The summed E-state index contributed by atoms with van der Waals surface area (Å²) in [7, 11) is 0.995. The molecule has 0 amide bonds. The lowest BCUT2D eigenvalue weighted by molar-refractivity contribution is 0.385. The summed E-state index contributed by atoms with van der Waals surface area (Å²) in [6, 6.07) is 1.96. The predicted molar refractivity (Wildman–Crippen MR) is 99.7 cm³/mol. The van der Waals surface area contributed by atoms with E-state index in [0.717, 1.165) is 21.0 Å². The fourth-order valence-electron chi connectivity index (χ4n) is 3.36. The van der Waals surface area contributed by atoms with E-state index in [1.165, 1.54) is 0 Å². The number of benzene rings is 3. The van der Waals surface area contributed by atoms with Crippen molar-refractivity contribution in [2.24, 2.45) is 0 Å². The fraction of sp³-hybridized carbons (Fsp3) is 0.143. The highest BCUT2D eigenvalue weighted by atomic mass is 19.2.